The van der Waals surface area contributed by atoms with E-state index in [0.29, 0.717) is 0 Å². The van der Waals surface area contributed by atoms with Crippen LogP contribution in [0.4, 0.5) is 0 Å². The van der Waals surface area contributed by atoms with Crippen LogP contribution in [0.1, 0.15) is 0 Å². The van der Waals surface area contributed by atoms with Crippen LogP contribution in [0, 0.1) is 0 Å². The van der Waals surface area contributed by atoms with Crippen molar-refractivity contribution in [3.05, 3.63) is 0 Å². The van der Waals surface area contributed by atoms with Crippen molar-refractivity contribution in [3.63, 3.8) is 0 Å². The Morgan fingerprint density at radius 3 is 1.27 bits per heavy atom. The van der Waals surface area contributed by atoms with Crippen LogP contribution in [-0.2, 0) is 32.0 Å². The summed E-state index contributed by atoms with van der Waals surface area (Å²) < 4.78 is 0. The Balaban J connectivity index is 0. The third-order valence-electron chi connectivity index (χ3n) is 0.729. The van der Waals surface area contributed by atoms with Crippen LogP contribution in [0.3, 0.4) is 0 Å². The Morgan fingerprint density at radius 1 is 1.00 bits per heavy atom. The van der Waals surface area contributed by atoms with E-state index in [0.717, 1.165) is 0 Å². The maximum Gasteiger partial charge on any atom is 0.319 e. The third-order valence-corrected chi connectivity index (χ3v) is 3.28. The Labute approximate surface area is 95.1 Å². The van der Waals surface area contributed by atoms with Gasteiger partial charge in [-0.3, -0.25) is 9.59 Å². The average molecular weight is 384 g/mol. The maximum absolute atomic E-state index is 10.1. The molecule has 0 aromatic rings. The number of carbonyl (C=O) groups is 2. The van der Waals surface area contributed by atoms with E-state index in [4.69, 9.17) is 10.2 Å². The molecule has 4 nitrogen and oxygen atoms in total. The molecule has 0 fully saturated rings. The monoisotopic (exact) mass is 381 g/mol. The summed E-state index contributed by atoms with van der Waals surface area (Å²) in [6, 6.07) is 0. The van der Waals surface area contributed by atoms with Gasteiger partial charge in [0.2, 0.25) is 0 Å². The van der Waals surface area contributed by atoms with Gasteiger partial charge >= 0.3 is 11.9 Å². The predicted molar refractivity (Wildman–Crippen MR) is 40.7 cm³/mol. The summed E-state index contributed by atoms with van der Waals surface area (Å²) in [5.74, 6) is -2.41. The molecular formula is C4H4AgBr2O4. The van der Waals surface area contributed by atoms with Gasteiger partial charge in [0.25, 0.3) is 0 Å². The second-order valence-corrected chi connectivity index (χ2v) is 3.45. The summed E-state index contributed by atoms with van der Waals surface area (Å²) in [4.78, 5) is 18.0. The van der Waals surface area contributed by atoms with Gasteiger partial charge in [0.05, 0.1) is 0 Å². The molecule has 0 aliphatic heterocycles. The van der Waals surface area contributed by atoms with Crippen LogP contribution < -0.4 is 0 Å². The van der Waals surface area contributed by atoms with Gasteiger partial charge < -0.3 is 10.2 Å². The van der Waals surface area contributed by atoms with Crippen molar-refractivity contribution >= 4 is 43.8 Å². The largest absolute Gasteiger partial charge is 0.480 e. The first kappa shape index (κ1) is 14.2. The number of carboxylic acid groups (broad SMARTS) is 2. The zero-order valence-electron chi connectivity index (χ0n) is 4.92. The minimum atomic E-state index is -1.20. The van der Waals surface area contributed by atoms with Crippen molar-refractivity contribution in [3.8, 4) is 0 Å². The molecule has 0 rings (SSSR count). The van der Waals surface area contributed by atoms with E-state index >= 15 is 0 Å². The molecule has 0 heterocycles. The van der Waals surface area contributed by atoms with Crippen molar-refractivity contribution in [2.24, 2.45) is 0 Å². The number of alkyl halides is 2. The van der Waals surface area contributed by atoms with Gasteiger partial charge in [0, 0.05) is 22.4 Å². The molecule has 0 saturated heterocycles. The first-order valence-electron chi connectivity index (χ1n) is 2.20. The molecule has 0 aromatic carbocycles. The Hall–Kier alpha value is 0.640. The van der Waals surface area contributed by atoms with Crippen LogP contribution in [0.25, 0.3) is 0 Å². The molecule has 0 aliphatic rings. The quantitative estimate of drug-likeness (QED) is 0.555. The van der Waals surface area contributed by atoms with Crippen molar-refractivity contribution in [2.45, 2.75) is 9.65 Å². The molecule has 7 heteroatoms. The molecule has 2 atom stereocenters. The standard InChI is InChI=1S/C4H4Br2O4.Ag/c5-1(3(7)8)2(6)4(9)10;/h1-2H,(H,7,8)(H,9,10);. The number of hydrogen-bond donors (Lipinski definition) is 2. The van der Waals surface area contributed by atoms with Gasteiger partial charge in [0.1, 0.15) is 9.65 Å². The van der Waals surface area contributed by atoms with Crippen molar-refractivity contribution in [1.82, 2.24) is 0 Å². The number of aliphatic carboxylic acids is 2. The molecule has 0 aliphatic carbocycles. The summed E-state index contributed by atoms with van der Waals surface area (Å²) >= 11 is 5.36. The van der Waals surface area contributed by atoms with Crippen LogP contribution in [0.5, 0.6) is 0 Å². The van der Waals surface area contributed by atoms with Crippen molar-refractivity contribution in [1.29, 1.82) is 0 Å². The number of hydrogen-bond acceptors (Lipinski definition) is 2. The average Bonchev–Trinajstić information content (AvgIpc) is 1.84. The van der Waals surface area contributed by atoms with E-state index in [1.54, 1.807) is 0 Å². The van der Waals surface area contributed by atoms with E-state index in [1.165, 1.54) is 0 Å². The Morgan fingerprint density at radius 2 is 1.18 bits per heavy atom. The molecule has 0 bridgehead atoms. The molecule has 0 aromatic heterocycles. The van der Waals surface area contributed by atoms with E-state index in [-0.39, 0.29) is 22.4 Å². The van der Waals surface area contributed by atoms with Gasteiger partial charge in [-0.1, -0.05) is 31.9 Å². The smallest absolute Gasteiger partial charge is 0.319 e. The molecule has 2 N–H and O–H groups in total. The molecule has 0 saturated carbocycles. The SMILES string of the molecule is O=C(O)C(Br)C(Br)C(=O)O.[Ag]. The first-order valence-corrected chi connectivity index (χ1v) is 4.03. The zero-order valence-corrected chi connectivity index (χ0v) is 9.58. The minimum Gasteiger partial charge on any atom is -0.480 e. The number of rotatable bonds is 3. The maximum atomic E-state index is 10.1. The van der Waals surface area contributed by atoms with Gasteiger partial charge in [-0.25, -0.2) is 0 Å². The molecule has 1 radical (unpaired) electrons. The third kappa shape index (κ3) is 4.97. The van der Waals surface area contributed by atoms with Crippen LogP contribution in [0.15, 0.2) is 0 Å². The Bertz CT molecular complexity index is 144. The number of halogens is 2. The second-order valence-electron chi connectivity index (χ2n) is 1.48. The van der Waals surface area contributed by atoms with E-state index in [9.17, 15) is 9.59 Å². The van der Waals surface area contributed by atoms with Gasteiger partial charge in [-0.05, 0) is 0 Å². The summed E-state index contributed by atoms with van der Waals surface area (Å²) in [5.41, 5.74) is 0. The van der Waals surface area contributed by atoms with Crippen molar-refractivity contribution < 1.29 is 42.2 Å². The van der Waals surface area contributed by atoms with Crippen LogP contribution in [-0.4, -0.2) is 31.8 Å². The predicted octanol–water partition coefficient (Wildman–Crippen LogP) is 0.680. The van der Waals surface area contributed by atoms with Gasteiger partial charge in [0.15, 0.2) is 0 Å². The van der Waals surface area contributed by atoms with Crippen LogP contribution >= 0.6 is 31.9 Å². The summed E-state index contributed by atoms with van der Waals surface area (Å²) in [5, 5.41) is 16.5. The summed E-state index contributed by atoms with van der Waals surface area (Å²) in [7, 11) is 0. The molecule has 0 spiro atoms. The first-order chi connectivity index (χ1) is 4.46. The topological polar surface area (TPSA) is 74.6 Å². The normalized spacial score (nSPS) is 14.4. The molecular weight excluding hydrogens is 380 g/mol. The molecule has 11 heavy (non-hydrogen) atoms. The second kappa shape index (κ2) is 6.19. The molecule has 0 amide bonds. The zero-order chi connectivity index (χ0) is 8.31. The Kier molecular flexibility index (Phi) is 7.98. The minimum absolute atomic E-state index is 0. The fraction of sp³-hybridized carbons (Fsp3) is 0.500. The molecule has 69 valence electrons. The molecule has 2 unspecified atom stereocenters. The van der Waals surface area contributed by atoms with Crippen molar-refractivity contribution in [2.75, 3.05) is 0 Å². The van der Waals surface area contributed by atoms with Gasteiger partial charge in [-0.15, -0.1) is 0 Å². The van der Waals surface area contributed by atoms with E-state index in [1.807, 2.05) is 0 Å². The summed E-state index contributed by atoms with van der Waals surface area (Å²) in [6.07, 6.45) is 0. The number of carboxylic acids is 2. The van der Waals surface area contributed by atoms with Crippen LogP contribution in [0.2, 0.25) is 0 Å². The van der Waals surface area contributed by atoms with E-state index < -0.39 is 21.6 Å². The fourth-order valence-corrected chi connectivity index (χ4v) is 0.703. The fourth-order valence-electron chi connectivity index (χ4n) is 0.250. The summed E-state index contributed by atoms with van der Waals surface area (Å²) in [6.45, 7) is 0. The van der Waals surface area contributed by atoms with E-state index in [2.05, 4.69) is 31.9 Å². The van der Waals surface area contributed by atoms with Gasteiger partial charge in [-0.2, -0.15) is 0 Å².